The Hall–Kier alpha value is -3.27. The van der Waals surface area contributed by atoms with E-state index >= 15 is 0 Å². The zero-order chi connectivity index (χ0) is 18.7. The van der Waals surface area contributed by atoms with E-state index in [1.54, 1.807) is 18.2 Å². The van der Waals surface area contributed by atoms with Crippen LogP contribution in [0.4, 0.5) is 17.1 Å². The summed E-state index contributed by atoms with van der Waals surface area (Å²) in [5.41, 5.74) is 5.82. The summed E-state index contributed by atoms with van der Waals surface area (Å²) >= 11 is 0. The summed E-state index contributed by atoms with van der Waals surface area (Å²) in [5, 5.41) is 16.2. The van der Waals surface area contributed by atoms with E-state index in [0.29, 0.717) is 16.9 Å². The highest BCUT2D eigenvalue weighted by Crippen LogP contribution is 2.28. The van der Waals surface area contributed by atoms with Crippen LogP contribution in [-0.4, -0.2) is 11.0 Å². The van der Waals surface area contributed by atoms with Gasteiger partial charge < -0.3 is 15.7 Å². The Morgan fingerprint density at radius 2 is 1.58 bits per heavy atom. The highest BCUT2D eigenvalue weighted by Gasteiger charge is 2.14. The number of phenolic OH excluding ortho intramolecular Hbond substituents is 1. The number of aryl methyl sites for hydroxylation is 2. The van der Waals surface area contributed by atoms with Crippen molar-refractivity contribution in [3.8, 4) is 5.75 Å². The van der Waals surface area contributed by atoms with Crippen molar-refractivity contribution in [2.45, 2.75) is 20.8 Å². The minimum Gasteiger partial charge on any atom is -0.506 e. The van der Waals surface area contributed by atoms with Crippen LogP contribution < -0.4 is 10.6 Å². The molecule has 0 fully saturated rings. The van der Waals surface area contributed by atoms with Crippen LogP contribution >= 0.6 is 0 Å². The smallest absolute Gasteiger partial charge is 0.257 e. The molecule has 0 atom stereocenters. The number of aromatic hydroxyl groups is 1. The molecule has 1 amide bonds. The summed E-state index contributed by atoms with van der Waals surface area (Å²) in [6.45, 7) is 5.98. The molecule has 0 unspecified atom stereocenters. The second-order valence-corrected chi connectivity index (χ2v) is 6.39. The van der Waals surface area contributed by atoms with Gasteiger partial charge in [-0.25, -0.2) is 0 Å². The Bertz CT molecular complexity index is 964. The number of para-hydroxylation sites is 1. The van der Waals surface area contributed by atoms with Crippen LogP contribution in [-0.2, 0) is 0 Å². The Morgan fingerprint density at radius 3 is 2.35 bits per heavy atom. The Kier molecular flexibility index (Phi) is 4.94. The van der Waals surface area contributed by atoms with E-state index in [1.807, 2.05) is 50.2 Å². The number of carbonyl (C=O) groups excluding carboxylic acids is 1. The summed E-state index contributed by atoms with van der Waals surface area (Å²) in [6, 6.07) is 18.5. The van der Waals surface area contributed by atoms with Crippen LogP contribution in [0.15, 0.2) is 60.7 Å². The molecule has 3 N–H and O–H groups in total. The predicted molar refractivity (Wildman–Crippen MR) is 106 cm³/mol. The monoisotopic (exact) mass is 346 g/mol. The molecule has 4 heteroatoms. The lowest BCUT2D eigenvalue weighted by molar-refractivity contribution is 0.102. The first-order chi connectivity index (χ1) is 12.5. The fraction of sp³-hybridized carbons (Fsp3) is 0.136. The fourth-order valence-electron chi connectivity index (χ4n) is 2.76. The minimum absolute atomic E-state index is 0.0540. The molecular weight excluding hydrogens is 324 g/mol. The van der Waals surface area contributed by atoms with Crippen molar-refractivity contribution < 1.29 is 9.90 Å². The zero-order valence-corrected chi connectivity index (χ0v) is 15.1. The molecule has 26 heavy (non-hydrogen) atoms. The molecule has 3 aromatic carbocycles. The zero-order valence-electron chi connectivity index (χ0n) is 15.1. The van der Waals surface area contributed by atoms with Gasteiger partial charge in [0.05, 0.1) is 16.9 Å². The molecule has 0 saturated carbocycles. The number of amides is 1. The number of benzene rings is 3. The summed E-state index contributed by atoms with van der Waals surface area (Å²) in [7, 11) is 0. The van der Waals surface area contributed by atoms with Crippen LogP contribution in [0, 0.1) is 20.8 Å². The van der Waals surface area contributed by atoms with E-state index in [1.165, 1.54) is 5.56 Å². The summed E-state index contributed by atoms with van der Waals surface area (Å²) in [6.07, 6.45) is 0. The first kappa shape index (κ1) is 17.5. The molecule has 132 valence electrons. The van der Waals surface area contributed by atoms with Crippen LogP contribution in [0.3, 0.4) is 0 Å². The van der Waals surface area contributed by atoms with E-state index in [9.17, 15) is 9.90 Å². The average molecular weight is 346 g/mol. The number of hydrogen-bond donors (Lipinski definition) is 3. The molecule has 4 nitrogen and oxygen atoms in total. The van der Waals surface area contributed by atoms with Crippen LogP contribution in [0.5, 0.6) is 5.75 Å². The van der Waals surface area contributed by atoms with Gasteiger partial charge in [0.15, 0.2) is 0 Å². The van der Waals surface area contributed by atoms with Gasteiger partial charge in [-0.05, 0) is 67.8 Å². The van der Waals surface area contributed by atoms with Crippen molar-refractivity contribution in [1.82, 2.24) is 0 Å². The van der Waals surface area contributed by atoms with Gasteiger partial charge in [-0.1, -0.05) is 30.3 Å². The van der Waals surface area contributed by atoms with Crippen LogP contribution in [0.25, 0.3) is 0 Å². The molecule has 0 aliphatic carbocycles. The molecule has 0 aliphatic heterocycles. The van der Waals surface area contributed by atoms with Gasteiger partial charge in [0, 0.05) is 5.69 Å². The predicted octanol–water partition coefficient (Wildman–Crippen LogP) is 5.31. The number of carbonyl (C=O) groups is 1. The third kappa shape index (κ3) is 3.70. The molecule has 0 aromatic heterocycles. The second-order valence-electron chi connectivity index (χ2n) is 6.39. The van der Waals surface area contributed by atoms with E-state index in [-0.39, 0.29) is 11.7 Å². The highest BCUT2D eigenvalue weighted by atomic mass is 16.3. The molecule has 0 bridgehead atoms. The van der Waals surface area contributed by atoms with Gasteiger partial charge in [0.1, 0.15) is 5.75 Å². The third-order valence-corrected chi connectivity index (χ3v) is 4.45. The fourth-order valence-corrected chi connectivity index (χ4v) is 2.76. The van der Waals surface area contributed by atoms with Gasteiger partial charge in [0.2, 0.25) is 0 Å². The molecular formula is C22H22N2O2. The molecule has 0 heterocycles. The van der Waals surface area contributed by atoms with Crippen LogP contribution in [0.2, 0.25) is 0 Å². The third-order valence-electron chi connectivity index (χ3n) is 4.45. The first-order valence-electron chi connectivity index (χ1n) is 8.49. The molecule has 3 aromatic rings. The van der Waals surface area contributed by atoms with Crippen molar-refractivity contribution in [2.24, 2.45) is 0 Å². The molecule has 0 saturated heterocycles. The lowest BCUT2D eigenvalue weighted by atomic mass is 10.1. The van der Waals surface area contributed by atoms with E-state index in [4.69, 9.17) is 0 Å². The highest BCUT2D eigenvalue weighted by molar-refractivity contribution is 6.09. The van der Waals surface area contributed by atoms with E-state index < -0.39 is 0 Å². The maximum absolute atomic E-state index is 12.8. The summed E-state index contributed by atoms with van der Waals surface area (Å²) in [5.74, 6) is -0.226. The normalized spacial score (nSPS) is 10.4. The summed E-state index contributed by atoms with van der Waals surface area (Å²) in [4.78, 5) is 12.8. The van der Waals surface area contributed by atoms with Crippen molar-refractivity contribution in [3.63, 3.8) is 0 Å². The maximum atomic E-state index is 12.8. The van der Waals surface area contributed by atoms with Gasteiger partial charge in [-0.3, -0.25) is 4.79 Å². The Morgan fingerprint density at radius 1 is 0.846 bits per heavy atom. The van der Waals surface area contributed by atoms with Gasteiger partial charge in [-0.15, -0.1) is 0 Å². The molecule has 0 radical (unpaired) electrons. The van der Waals surface area contributed by atoms with E-state index in [2.05, 4.69) is 23.6 Å². The number of rotatable bonds is 4. The topological polar surface area (TPSA) is 61.4 Å². The standard InChI is InChI=1S/C22H22N2O2/c1-14-11-12-20(21(25)13-14)24-22(26)17-8-4-5-9-19(17)23-18-10-6-7-15(2)16(18)3/h4-13,23,25H,1-3H3,(H,24,26). The molecule has 0 spiro atoms. The Balaban J connectivity index is 1.89. The van der Waals surface area contributed by atoms with Crippen LogP contribution in [0.1, 0.15) is 27.0 Å². The number of hydrogen-bond acceptors (Lipinski definition) is 3. The Labute approximate surface area is 153 Å². The van der Waals surface area contributed by atoms with Crippen molar-refractivity contribution in [3.05, 3.63) is 82.9 Å². The second kappa shape index (κ2) is 7.31. The lowest BCUT2D eigenvalue weighted by Crippen LogP contribution is -2.14. The number of nitrogens with one attached hydrogen (secondary N) is 2. The van der Waals surface area contributed by atoms with Crippen molar-refractivity contribution >= 4 is 23.0 Å². The lowest BCUT2D eigenvalue weighted by Gasteiger charge is -2.15. The number of anilines is 3. The largest absolute Gasteiger partial charge is 0.506 e. The first-order valence-corrected chi connectivity index (χ1v) is 8.49. The van der Waals surface area contributed by atoms with Crippen molar-refractivity contribution in [1.29, 1.82) is 0 Å². The van der Waals surface area contributed by atoms with Gasteiger partial charge in [-0.2, -0.15) is 0 Å². The van der Waals surface area contributed by atoms with Gasteiger partial charge >= 0.3 is 0 Å². The minimum atomic E-state index is -0.280. The summed E-state index contributed by atoms with van der Waals surface area (Å²) < 4.78 is 0. The molecule has 0 aliphatic rings. The quantitative estimate of drug-likeness (QED) is 0.561. The SMILES string of the molecule is Cc1ccc(NC(=O)c2ccccc2Nc2cccc(C)c2C)c(O)c1. The number of phenols is 1. The average Bonchev–Trinajstić information content (AvgIpc) is 2.62. The van der Waals surface area contributed by atoms with Gasteiger partial charge in [0.25, 0.3) is 5.91 Å². The molecule has 3 rings (SSSR count). The van der Waals surface area contributed by atoms with Crippen molar-refractivity contribution in [2.75, 3.05) is 10.6 Å². The van der Waals surface area contributed by atoms with E-state index in [0.717, 1.165) is 16.8 Å². The maximum Gasteiger partial charge on any atom is 0.257 e.